The largest absolute Gasteiger partial charge is 0.517 e. The quantitative estimate of drug-likeness (QED) is 0.535. The van der Waals surface area contributed by atoms with Crippen molar-refractivity contribution in [2.75, 3.05) is 0 Å². The molecule has 15 heavy (non-hydrogen) atoms. The molecule has 0 saturated heterocycles. The fraction of sp³-hybridized carbons (Fsp3) is 0.500. The van der Waals surface area contributed by atoms with Crippen LogP contribution in [0.4, 0.5) is 21.9 Å². The Labute approximate surface area is 80.8 Å². The van der Waals surface area contributed by atoms with Gasteiger partial charge in [-0.25, -0.2) is 4.79 Å². The molecule has 0 atom stereocenters. The summed E-state index contributed by atoms with van der Waals surface area (Å²) in [5.41, 5.74) is -2.17. The van der Waals surface area contributed by atoms with E-state index >= 15 is 0 Å². The number of nitrogens with two attached hydrogens (primary N) is 1. The first kappa shape index (κ1) is 13.9. The summed E-state index contributed by atoms with van der Waals surface area (Å²) in [5.74, 6) is 0. The summed E-state index contributed by atoms with van der Waals surface area (Å²) in [6.45, 7) is 0. The average molecular weight is 274 g/mol. The maximum absolute atomic E-state index is 12.0. The van der Waals surface area contributed by atoms with Gasteiger partial charge in [0.2, 0.25) is 0 Å². The number of sulfonamides is 1. The van der Waals surface area contributed by atoms with Crippen LogP contribution >= 0.6 is 0 Å². The molecule has 0 aromatic rings. The monoisotopic (exact) mass is 274 g/mol. The molecule has 0 aromatic heterocycles. The molecule has 0 aliphatic rings. The Morgan fingerprint density at radius 3 is 1.53 bits per heavy atom. The molecule has 2 N–H and O–H groups in total. The Hall–Kier alpha value is -1.11. The van der Waals surface area contributed by atoms with Crippen LogP contribution in [-0.2, 0) is 20.4 Å². The molecule has 0 heterocycles. The van der Waals surface area contributed by atoms with E-state index in [0.29, 0.717) is 0 Å². The second-order valence-electron chi connectivity index (χ2n) is 1.93. The van der Waals surface area contributed by atoms with Gasteiger partial charge in [0.15, 0.2) is 0 Å². The van der Waals surface area contributed by atoms with Crippen LogP contribution < -0.4 is 5.73 Å². The van der Waals surface area contributed by atoms with E-state index in [0.717, 1.165) is 0 Å². The number of nitrogens with zero attached hydrogens (tertiary/aromatic N) is 1. The van der Waals surface area contributed by atoms with Gasteiger partial charge in [0.1, 0.15) is 0 Å². The van der Waals surface area contributed by atoms with Crippen molar-refractivity contribution in [3.8, 4) is 0 Å². The summed E-state index contributed by atoms with van der Waals surface area (Å²) in [6, 6.07) is -2.63. The number of rotatable bonds is 2. The van der Waals surface area contributed by atoms with Crippen molar-refractivity contribution in [1.29, 1.82) is 0 Å². The van der Waals surface area contributed by atoms with E-state index < -0.39 is 35.7 Å². The van der Waals surface area contributed by atoms with Crippen molar-refractivity contribution < 1.29 is 38.7 Å². The van der Waals surface area contributed by atoms with E-state index in [4.69, 9.17) is 0 Å². The van der Waals surface area contributed by atoms with Crippen molar-refractivity contribution in [3.05, 3.63) is 0 Å². The van der Waals surface area contributed by atoms with Crippen LogP contribution in [0.3, 0.4) is 0 Å². The number of hydrogen-bond acceptors (Lipinski definition) is 5. The van der Waals surface area contributed by atoms with Gasteiger partial charge >= 0.3 is 32.0 Å². The van der Waals surface area contributed by atoms with Crippen LogP contribution in [0.5, 0.6) is 0 Å². The molecule has 0 aliphatic carbocycles. The van der Waals surface area contributed by atoms with Crippen molar-refractivity contribution >= 4 is 26.5 Å². The van der Waals surface area contributed by atoms with Crippen molar-refractivity contribution in [2.24, 2.45) is 5.73 Å². The maximum atomic E-state index is 12.0. The molecule has 0 fully saturated rings. The lowest BCUT2D eigenvalue weighted by Gasteiger charge is -2.16. The topological polar surface area (TPSA) is 115 Å². The highest BCUT2D eigenvalue weighted by Crippen LogP contribution is 2.28. The van der Waals surface area contributed by atoms with Crippen LogP contribution in [0, 0.1) is 0 Å². The molecular weight excluding hydrogens is 272 g/mol. The van der Waals surface area contributed by atoms with E-state index in [9.17, 15) is 38.7 Å². The summed E-state index contributed by atoms with van der Waals surface area (Å²) >= 11 is 0. The normalized spacial score (nSPS) is 13.6. The number of hydrogen-bond donors (Lipinski definition) is 1. The fourth-order valence-electron chi connectivity index (χ4n) is 0.437. The molecule has 2 amide bonds. The molecule has 7 nitrogen and oxygen atoms in total. The number of primary amides is 1. The van der Waals surface area contributed by atoms with Crippen molar-refractivity contribution in [3.63, 3.8) is 0 Å². The SMILES string of the molecule is NC(=O)N(S(=O)(=O)F)S(=O)(=O)C(F)(F)F. The minimum Gasteiger partial charge on any atom is -0.350 e. The molecular formula is C2H2F4N2O5S2. The third kappa shape index (κ3) is 2.68. The van der Waals surface area contributed by atoms with E-state index in [1.807, 2.05) is 0 Å². The summed E-state index contributed by atoms with van der Waals surface area (Å²) in [5, 5.41) is 0. The molecule has 13 heteroatoms. The minimum absolute atomic E-state index is 2.08. The predicted octanol–water partition coefficient (Wildman–Crippen LogP) is -0.569. The lowest BCUT2D eigenvalue weighted by molar-refractivity contribution is -0.0463. The first-order valence-corrected chi connectivity index (χ1v) is 5.45. The zero-order valence-corrected chi connectivity index (χ0v) is 8.03. The van der Waals surface area contributed by atoms with Gasteiger partial charge in [-0.2, -0.15) is 30.0 Å². The van der Waals surface area contributed by atoms with Gasteiger partial charge in [-0.3, -0.25) is 0 Å². The Morgan fingerprint density at radius 2 is 1.47 bits per heavy atom. The number of carbonyl (C=O) groups excluding carboxylic acids is 1. The number of halogens is 4. The number of alkyl halides is 3. The van der Waals surface area contributed by atoms with Gasteiger partial charge in [-0.15, -0.1) is 0 Å². The van der Waals surface area contributed by atoms with Gasteiger partial charge in [-0.1, -0.05) is 7.60 Å². The summed E-state index contributed by atoms with van der Waals surface area (Å²) in [6.07, 6.45) is 0. The van der Waals surface area contributed by atoms with Crippen LogP contribution in [-0.4, -0.2) is 32.1 Å². The molecule has 0 bridgehead atoms. The van der Waals surface area contributed by atoms with Gasteiger partial charge < -0.3 is 5.73 Å². The Kier molecular flexibility index (Phi) is 3.22. The molecule has 90 valence electrons. The van der Waals surface area contributed by atoms with Crippen LogP contribution in [0.2, 0.25) is 0 Å². The summed E-state index contributed by atoms with van der Waals surface area (Å²) < 4.78 is 85.6. The molecule has 0 aliphatic heterocycles. The second-order valence-corrected chi connectivity index (χ2v) is 5.13. The van der Waals surface area contributed by atoms with E-state index in [2.05, 4.69) is 5.73 Å². The fourth-order valence-corrected chi connectivity index (χ4v) is 2.27. The first-order valence-electron chi connectivity index (χ1n) is 2.67. The van der Waals surface area contributed by atoms with Crippen LogP contribution in [0.25, 0.3) is 0 Å². The minimum atomic E-state index is -6.70. The van der Waals surface area contributed by atoms with Gasteiger partial charge in [-0.05, 0) is 0 Å². The molecule has 0 saturated carbocycles. The third-order valence-corrected chi connectivity index (χ3v) is 3.79. The lowest BCUT2D eigenvalue weighted by atomic mass is 11.2. The highest BCUT2D eigenvalue weighted by atomic mass is 32.3. The third-order valence-electron chi connectivity index (χ3n) is 0.889. The predicted molar refractivity (Wildman–Crippen MR) is 36.4 cm³/mol. The van der Waals surface area contributed by atoms with E-state index in [1.54, 1.807) is 0 Å². The van der Waals surface area contributed by atoms with Crippen molar-refractivity contribution in [1.82, 2.24) is 3.71 Å². The van der Waals surface area contributed by atoms with E-state index in [1.165, 1.54) is 0 Å². The number of urea groups is 1. The lowest BCUT2D eigenvalue weighted by Crippen LogP contribution is -2.48. The second kappa shape index (κ2) is 3.48. The maximum Gasteiger partial charge on any atom is 0.517 e. The molecule has 0 rings (SSSR count). The smallest absolute Gasteiger partial charge is 0.350 e. The zero-order chi connectivity index (χ0) is 12.7. The summed E-state index contributed by atoms with van der Waals surface area (Å²) in [4.78, 5) is 10.1. The molecule has 0 unspecified atom stereocenters. The molecule has 0 aromatic carbocycles. The highest BCUT2D eigenvalue weighted by Gasteiger charge is 2.56. The molecule has 0 spiro atoms. The standard InChI is InChI=1S/C2H2F4N2O5S2/c3-2(4,5)14(10,11)8(1(7)9)15(6,12)13/h(H2,7,9). The summed E-state index contributed by atoms with van der Waals surface area (Å²) in [7, 11) is -13.2. The van der Waals surface area contributed by atoms with E-state index in [-0.39, 0.29) is 0 Å². The number of carbonyl (C=O) groups is 1. The Bertz CT molecular complexity index is 462. The van der Waals surface area contributed by atoms with Gasteiger partial charge in [0, 0.05) is 0 Å². The average Bonchev–Trinajstić information content (AvgIpc) is 1.76. The van der Waals surface area contributed by atoms with Gasteiger partial charge in [0.05, 0.1) is 0 Å². The first-order chi connectivity index (χ1) is 6.32. The highest BCUT2D eigenvalue weighted by molar-refractivity contribution is 8.03. The van der Waals surface area contributed by atoms with Crippen LogP contribution in [0.15, 0.2) is 0 Å². The van der Waals surface area contributed by atoms with Crippen molar-refractivity contribution in [2.45, 2.75) is 5.51 Å². The number of amides is 2. The Balaban J connectivity index is 5.85. The zero-order valence-electron chi connectivity index (χ0n) is 6.39. The van der Waals surface area contributed by atoms with Crippen LogP contribution in [0.1, 0.15) is 0 Å². The van der Waals surface area contributed by atoms with Gasteiger partial charge in [0.25, 0.3) is 0 Å². The Morgan fingerprint density at radius 1 is 1.13 bits per heavy atom. The molecule has 0 radical (unpaired) electrons.